The van der Waals surface area contributed by atoms with E-state index >= 15 is 0 Å². The minimum absolute atomic E-state index is 0.0637. The molecule has 0 saturated carbocycles. The summed E-state index contributed by atoms with van der Waals surface area (Å²) in [6.07, 6.45) is 7.92. The zero-order valence-electron chi connectivity index (χ0n) is 28.6. The van der Waals surface area contributed by atoms with Crippen LogP contribution in [-0.4, -0.2) is 77.8 Å². The summed E-state index contributed by atoms with van der Waals surface area (Å²) in [4.78, 5) is 58.0. The molecule has 7 N–H and O–H groups in total. The lowest BCUT2D eigenvalue weighted by Gasteiger charge is -2.23. The first-order valence-electron chi connectivity index (χ1n) is 17.4. The van der Waals surface area contributed by atoms with Crippen molar-refractivity contribution in [1.82, 2.24) is 32.2 Å². The first kappa shape index (κ1) is 39.9. The van der Waals surface area contributed by atoms with Crippen molar-refractivity contribution in [1.29, 1.82) is 0 Å². The highest BCUT2D eigenvalue weighted by molar-refractivity contribution is 8.00. The van der Waals surface area contributed by atoms with Gasteiger partial charge in [-0.05, 0) is 55.5 Å². The standard InChI is InChI=1S/C33H53N9O6S/c1-22(2)19-24(15-18-48-42-47)31(44)37-26(20-23-11-13-25(14-12-23)40-41-34)32(45)36-17-8-4-3-7-16-35-29(43)10-6-5-9-28-30-27(21-49-28)38-33(46)39-30/h11-14,22,24,26-28,30,42,47H,3-10,15-21H2,1-2H3,(H,35,43)(H,36,45)(H,37,44)(H2,38,39,46). The van der Waals surface area contributed by atoms with Gasteiger partial charge in [0.05, 0.1) is 18.7 Å². The second-order valence-corrected chi connectivity index (χ2v) is 14.4. The Kier molecular flexibility index (Phi) is 18.1. The number of fused-ring (bicyclic) bond motifs is 1. The van der Waals surface area contributed by atoms with Crippen molar-refractivity contribution in [2.45, 2.75) is 108 Å². The van der Waals surface area contributed by atoms with Crippen molar-refractivity contribution in [2.24, 2.45) is 17.0 Å². The molecule has 0 aromatic heterocycles. The normalized spacial score (nSPS) is 19.3. The van der Waals surface area contributed by atoms with E-state index in [4.69, 9.17) is 15.6 Å². The predicted molar refractivity (Wildman–Crippen MR) is 188 cm³/mol. The lowest BCUT2D eigenvalue weighted by molar-refractivity contribution is -0.139. The summed E-state index contributed by atoms with van der Waals surface area (Å²) < 4.78 is 0. The minimum Gasteiger partial charge on any atom is -0.356 e. The summed E-state index contributed by atoms with van der Waals surface area (Å²) in [5.41, 5.74) is 11.6. The number of hydrogen-bond donors (Lipinski definition) is 7. The second-order valence-electron chi connectivity index (χ2n) is 13.1. The van der Waals surface area contributed by atoms with E-state index in [1.807, 2.05) is 25.6 Å². The molecule has 2 aliphatic rings. The van der Waals surface area contributed by atoms with Crippen molar-refractivity contribution >= 4 is 41.2 Å². The van der Waals surface area contributed by atoms with Crippen LogP contribution in [0.15, 0.2) is 29.4 Å². The Morgan fingerprint density at radius 3 is 2.47 bits per heavy atom. The van der Waals surface area contributed by atoms with Crippen LogP contribution < -0.4 is 32.2 Å². The fourth-order valence-electron chi connectivity index (χ4n) is 6.19. The summed E-state index contributed by atoms with van der Waals surface area (Å²) in [6.45, 7) is 5.23. The molecule has 49 heavy (non-hydrogen) atoms. The molecule has 0 aliphatic carbocycles. The van der Waals surface area contributed by atoms with Gasteiger partial charge >= 0.3 is 6.03 Å². The van der Waals surface area contributed by atoms with Crippen LogP contribution in [0, 0.1) is 11.8 Å². The molecule has 2 heterocycles. The number of nitrogens with zero attached hydrogens (tertiary/aromatic N) is 3. The number of hydrogen-bond acceptors (Lipinski definition) is 9. The largest absolute Gasteiger partial charge is 0.356 e. The molecule has 1 aromatic rings. The number of benzene rings is 1. The molecule has 16 heteroatoms. The number of carbonyl (C=O) groups excluding carboxylic acids is 4. The molecule has 1 aromatic carbocycles. The van der Waals surface area contributed by atoms with Crippen LogP contribution in [0.5, 0.6) is 0 Å². The summed E-state index contributed by atoms with van der Waals surface area (Å²) in [5, 5.41) is 27.6. The molecular weight excluding hydrogens is 650 g/mol. The van der Waals surface area contributed by atoms with Crippen LogP contribution in [0.3, 0.4) is 0 Å². The molecule has 0 spiro atoms. The highest BCUT2D eigenvalue weighted by Crippen LogP contribution is 2.33. The fraction of sp³-hybridized carbons (Fsp3) is 0.697. The Labute approximate surface area is 292 Å². The molecule has 0 bridgehead atoms. The average Bonchev–Trinajstić information content (AvgIpc) is 3.63. The van der Waals surface area contributed by atoms with Gasteiger partial charge in [-0.15, -0.1) is 0 Å². The SMILES string of the molecule is CC(C)CC(CCONO)C(=O)NC(Cc1ccc(N=[N+]=[N-])cc1)C(=O)NCCCCCCNC(=O)CCCCC1SCC2NC(=O)NC21. The number of carbonyl (C=O) groups is 4. The van der Waals surface area contributed by atoms with Crippen LogP contribution in [0.25, 0.3) is 10.4 Å². The quantitative estimate of drug-likeness (QED) is 0.0207. The van der Waals surface area contributed by atoms with Crippen molar-refractivity contribution in [3.8, 4) is 0 Å². The lowest BCUT2D eigenvalue weighted by atomic mass is 9.93. The Morgan fingerprint density at radius 1 is 1.04 bits per heavy atom. The molecule has 2 saturated heterocycles. The third-order valence-electron chi connectivity index (χ3n) is 8.73. The average molecular weight is 704 g/mol. The summed E-state index contributed by atoms with van der Waals surface area (Å²) in [5.74, 6) is 0.295. The Morgan fingerprint density at radius 2 is 1.78 bits per heavy atom. The maximum Gasteiger partial charge on any atom is 0.315 e. The molecule has 3 rings (SSSR count). The molecule has 2 aliphatic heterocycles. The van der Waals surface area contributed by atoms with Crippen LogP contribution in [-0.2, 0) is 25.6 Å². The highest BCUT2D eigenvalue weighted by Gasteiger charge is 2.42. The lowest BCUT2D eigenvalue weighted by Crippen LogP contribution is -2.50. The van der Waals surface area contributed by atoms with E-state index in [2.05, 4.69) is 36.6 Å². The topological polar surface area (TPSA) is 219 Å². The van der Waals surface area contributed by atoms with Gasteiger partial charge < -0.3 is 26.6 Å². The molecular formula is C33H53N9O6S. The van der Waals surface area contributed by atoms with Gasteiger partial charge in [0.2, 0.25) is 17.7 Å². The van der Waals surface area contributed by atoms with Crippen molar-refractivity contribution in [3.63, 3.8) is 0 Å². The van der Waals surface area contributed by atoms with E-state index in [0.717, 1.165) is 56.3 Å². The van der Waals surface area contributed by atoms with E-state index in [1.54, 1.807) is 29.9 Å². The fourth-order valence-corrected chi connectivity index (χ4v) is 7.73. The summed E-state index contributed by atoms with van der Waals surface area (Å²) in [7, 11) is 0. The highest BCUT2D eigenvalue weighted by atomic mass is 32.2. The number of thioether (sulfide) groups is 1. The van der Waals surface area contributed by atoms with Crippen molar-refractivity contribution in [3.05, 3.63) is 40.3 Å². The molecule has 2 fully saturated rings. The minimum atomic E-state index is -0.811. The van der Waals surface area contributed by atoms with Gasteiger partial charge in [-0.1, -0.05) is 68.1 Å². The summed E-state index contributed by atoms with van der Waals surface area (Å²) in [6, 6.07) is 6.40. The van der Waals surface area contributed by atoms with Crippen LogP contribution >= 0.6 is 11.8 Å². The summed E-state index contributed by atoms with van der Waals surface area (Å²) >= 11 is 1.89. The zero-order chi connectivity index (χ0) is 35.4. The predicted octanol–water partition coefficient (Wildman–Crippen LogP) is 4.14. The molecule has 5 atom stereocenters. The zero-order valence-corrected chi connectivity index (χ0v) is 29.4. The smallest absolute Gasteiger partial charge is 0.315 e. The number of amides is 5. The van der Waals surface area contributed by atoms with E-state index in [1.165, 1.54) is 0 Å². The van der Waals surface area contributed by atoms with Gasteiger partial charge in [0, 0.05) is 53.5 Å². The van der Waals surface area contributed by atoms with Crippen LogP contribution in [0.1, 0.15) is 83.6 Å². The molecule has 15 nitrogen and oxygen atoms in total. The number of urea groups is 1. The van der Waals surface area contributed by atoms with Gasteiger partial charge in [-0.3, -0.25) is 24.4 Å². The van der Waals surface area contributed by atoms with Gasteiger partial charge in [-0.25, -0.2) is 4.79 Å². The van der Waals surface area contributed by atoms with Gasteiger partial charge in [0.25, 0.3) is 0 Å². The van der Waals surface area contributed by atoms with E-state index in [-0.39, 0.29) is 54.8 Å². The number of unbranched alkanes of at least 4 members (excludes halogenated alkanes) is 4. The Balaban J connectivity index is 1.34. The second kappa shape index (κ2) is 22.2. The Hall–Kier alpha value is -3.56. The molecule has 5 unspecified atom stereocenters. The first-order chi connectivity index (χ1) is 23.7. The van der Waals surface area contributed by atoms with Crippen LogP contribution in [0.2, 0.25) is 0 Å². The Bertz CT molecular complexity index is 1250. The van der Waals surface area contributed by atoms with E-state index in [0.29, 0.717) is 43.3 Å². The monoisotopic (exact) mass is 703 g/mol. The van der Waals surface area contributed by atoms with Crippen molar-refractivity contribution in [2.75, 3.05) is 25.4 Å². The molecule has 272 valence electrons. The maximum absolute atomic E-state index is 13.3. The number of rotatable bonds is 24. The van der Waals surface area contributed by atoms with E-state index < -0.39 is 12.0 Å². The first-order valence-corrected chi connectivity index (χ1v) is 18.4. The third kappa shape index (κ3) is 14.8. The molecule has 0 radical (unpaired) electrons. The molecule has 5 amide bonds. The van der Waals surface area contributed by atoms with Crippen LogP contribution in [0.4, 0.5) is 10.5 Å². The number of nitrogens with one attached hydrogen (secondary N) is 6. The third-order valence-corrected chi connectivity index (χ3v) is 10.2. The van der Waals surface area contributed by atoms with Gasteiger partial charge in [0.15, 0.2) is 0 Å². The van der Waals surface area contributed by atoms with Gasteiger partial charge in [-0.2, -0.15) is 11.8 Å². The van der Waals surface area contributed by atoms with Gasteiger partial charge in [0.1, 0.15) is 6.04 Å². The number of azide groups is 1. The van der Waals surface area contributed by atoms with Crippen molar-refractivity contribution < 1.29 is 29.2 Å². The van der Waals surface area contributed by atoms with E-state index in [9.17, 15) is 19.2 Å². The maximum atomic E-state index is 13.3.